The number of esters is 1. The highest BCUT2D eigenvalue weighted by Gasteiger charge is 2.16. The summed E-state index contributed by atoms with van der Waals surface area (Å²) < 4.78 is 4.60. The molecule has 1 aromatic carbocycles. The standard InChI is InChI=1S/C10H10Cl2O2/c1-5-4-7(10(13)14-3)9(12)6(2)8(5)11/h4H,1-3H3. The summed E-state index contributed by atoms with van der Waals surface area (Å²) in [6.07, 6.45) is 0. The van der Waals surface area contributed by atoms with Crippen molar-refractivity contribution in [3.63, 3.8) is 0 Å². The molecule has 0 atom stereocenters. The van der Waals surface area contributed by atoms with E-state index in [-0.39, 0.29) is 0 Å². The molecular formula is C10H10Cl2O2. The molecule has 0 aliphatic heterocycles. The number of hydrogen-bond acceptors (Lipinski definition) is 2. The first kappa shape index (κ1) is 11.3. The summed E-state index contributed by atoms with van der Waals surface area (Å²) in [7, 11) is 1.32. The van der Waals surface area contributed by atoms with E-state index in [9.17, 15) is 4.79 Å². The molecule has 0 amide bonds. The Hall–Kier alpha value is -0.730. The van der Waals surface area contributed by atoms with Crippen molar-refractivity contribution in [1.82, 2.24) is 0 Å². The fourth-order valence-electron chi connectivity index (χ4n) is 1.20. The van der Waals surface area contributed by atoms with Crippen LogP contribution in [-0.2, 0) is 4.74 Å². The number of rotatable bonds is 1. The van der Waals surface area contributed by atoms with Crippen LogP contribution in [0, 0.1) is 13.8 Å². The van der Waals surface area contributed by atoms with Gasteiger partial charge in [-0.2, -0.15) is 0 Å². The molecule has 0 aromatic heterocycles. The van der Waals surface area contributed by atoms with E-state index >= 15 is 0 Å². The van der Waals surface area contributed by atoms with E-state index in [0.717, 1.165) is 5.56 Å². The van der Waals surface area contributed by atoms with Crippen LogP contribution in [0.15, 0.2) is 6.07 Å². The van der Waals surface area contributed by atoms with Gasteiger partial charge in [-0.1, -0.05) is 23.2 Å². The van der Waals surface area contributed by atoms with E-state index in [1.165, 1.54) is 7.11 Å². The van der Waals surface area contributed by atoms with Gasteiger partial charge in [0.2, 0.25) is 0 Å². The molecular weight excluding hydrogens is 223 g/mol. The Kier molecular flexibility index (Phi) is 3.40. The Morgan fingerprint density at radius 3 is 2.36 bits per heavy atom. The number of halogens is 2. The summed E-state index contributed by atoms with van der Waals surface area (Å²) in [5.41, 5.74) is 1.87. The Balaban J connectivity index is 3.40. The third-order valence-corrected chi connectivity index (χ3v) is 3.08. The topological polar surface area (TPSA) is 26.3 Å². The SMILES string of the molecule is COC(=O)c1cc(C)c(Cl)c(C)c1Cl. The third kappa shape index (κ3) is 1.86. The van der Waals surface area contributed by atoms with E-state index in [1.54, 1.807) is 13.0 Å². The number of benzene rings is 1. The fraction of sp³-hybridized carbons (Fsp3) is 0.300. The van der Waals surface area contributed by atoms with Gasteiger partial charge in [0.05, 0.1) is 17.7 Å². The average Bonchev–Trinajstić information content (AvgIpc) is 2.19. The molecule has 0 unspecified atom stereocenters. The highest BCUT2D eigenvalue weighted by molar-refractivity contribution is 6.38. The van der Waals surface area contributed by atoms with E-state index < -0.39 is 5.97 Å². The first-order chi connectivity index (χ1) is 6.49. The lowest BCUT2D eigenvalue weighted by atomic mass is 10.1. The molecule has 0 N–H and O–H groups in total. The van der Waals surface area contributed by atoms with Gasteiger partial charge in [-0.25, -0.2) is 4.79 Å². The van der Waals surface area contributed by atoms with Crippen molar-refractivity contribution >= 4 is 29.2 Å². The van der Waals surface area contributed by atoms with Gasteiger partial charge in [0.25, 0.3) is 0 Å². The molecule has 0 aliphatic rings. The van der Waals surface area contributed by atoms with Crippen molar-refractivity contribution < 1.29 is 9.53 Å². The minimum Gasteiger partial charge on any atom is -0.465 e. The van der Waals surface area contributed by atoms with Crippen molar-refractivity contribution in [3.05, 3.63) is 32.8 Å². The zero-order chi connectivity index (χ0) is 10.9. The smallest absolute Gasteiger partial charge is 0.339 e. The maximum atomic E-state index is 11.3. The average molecular weight is 233 g/mol. The lowest BCUT2D eigenvalue weighted by Crippen LogP contribution is -2.04. The Labute approximate surface area is 92.8 Å². The Morgan fingerprint density at radius 1 is 1.29 bits per heavy atom. The number of methoxy groups -OCH3 is 1. The second-order valence-corrected chi connectivity index (χ2v) is 3.74. The number of carbonyl (C=O) groups excluding carboxylic acids is 1. The van der Waals surface area contributed by atoms with Crippen LogP contribution in [0.1, 0.15) is 21.5 Å². The first-order valence-electron chi connectivity index (χ1n) is 4.02. The number of carbonyl (C=O) groups is 1. The number of ether oxygens (including phenoxy) is 1. The predicted molar refractivity (Wildman–Crippen MR) is 57.3 cm³/mol. The van der Waals surface area contributed by atoms with E-state index in [0.29, 0.717) is 21.2 Å². The van der Waals surface area contributed by atoms with Gasteiger partial charge < -0.3 is 4.74 Å². The van der Waals surface area contributed by atoms with Crippen LogP contribution < -0.4 is 0 Å². The van der Waals surface area contributed by atoms with Crippen LogP contribution in [-0.4, -0.2) is 13.1 Å². The molecule has 0 aliphatic carbocycles. The second-order valence-electron chi connectivity index (χ2n) is 2.99. The molecule has 0 radical (unpaired) electrons. The molecule has 0 saturated heterocycles. The van der Waals surface area contributed by atoms with E-state index in [2.05, 4.69) is 4.74 Å². The van der Waals surface area contributed by atoms with Crippen LogP contribution in [0.2, 0.25) is 10.0 Å². The molecule has 0 spiro atoms. The van der Waals surface area contributed by atoms with Gasteiger partial charge >= 0.3 is 5.97 Å². The number of aryl methyl sites for hydroxylation is 1. The zero-order valence-corrected chi connectivity index (χ0v) is 9.66. The van der Waals surface area contributed by atoms with Crippen molar-refractivity contribution in [1.29, 1.82) is 0 Å². The summed E-state index contributed by atoms with van der Waals surface area (Å²) in [5.74, 6) is -0.446. The van der Waals surface area contributed by atoms with E-state index in [4.69, 9.17) is 23.2 Å². The van der Waals surface area contributed by atoms with Gasteiger partial charge in [0.1, 0.15) is 0 Å². The molecule has 14 heavy (non-hydrogen) atoms. The largest absolute Gasteiger partial charge is 0.465 e. The highest BCUT2D eigenvalue weighted by atomic mass is 35.5. The van der Waals surface area contributed by atoms with Gasteiger partial charge in [-0.05, 0) is 31.0 Å². The zero-order valence-electron chi connectivity index (χ0n) is 8.15. The summed E-state index contributed by atoms with van der Waals surface area (Å²) in [6, 6.07) is 1.63. The van der Waals surface area contributed by atoms with Crippen molar-refractivity contribution in [2.45, 2.75) is 13.8 Å². The lowest BCUT2D eigenvalue weighted by Gasteiger charge is -2.09. The monoisotopic (exact) mass is 232 g/mol. The summed E-state index contributed by atoms with van der Waals surface area (Å²) in [4.78, 5) is 11.3. The fourth-order valence-corrected chi connectivity index (χ4v) is 1.62. The summed E-state index contributed by atoms with van der Waals surface area (Å²) in [5, 5.41) is 0.940. The lowest BCUT2D eigenvalue weighted by molar-refractivity contribution is 0.0600. The van der Waals surface area contributed by atoms with Crippen molar-refractivity contribution in [2.24, 2.45) is 0 Å². The van der Waals surface area contributed by atoms with Crippen molar-refractivity contribution in [2.75, 3.05) is 7.11 Å². The van der Waals surface area contributed by atoms with Crippen molar-refractivity contribution in [3.8, 4) is 0 Å². The van der Waals surface area contributed by atoms with Gasteiger partial charge in [-0.15, -0.1) is 0 Å². The van der Waals surface area contributed by atoms with Gasteiger partial charge in [-0.3, -0.25) is 0 Å². The number of hydrogen-bond donors (Lipinski definition) is 0. The van der Waals surface area contributed by atoms with E-state index in [1.807, 2.05) is 6.92 Å². The van der Waals surface area contributed by atoms with Crippen LogP contribution in [0.4, 0.5) is 0 Å². The molecule has 1 aromatic rings. The molecule has 2 nitrogen and oxygen atoms in total. The molecule has 76 valence electrons. The molecule has 4 heteroatoms. The second kappa shape index (κ2) is 4.20. The maximum Gasteiger partial charge on any atom is 0.339 e. The third-order valence-electron chi connectivity index (χ3n) is 2.01. The normalized spacial score (nSPS) is 10.1. The summed E-state index contributed by atoms with van der Waals surface area (Å²) >= 11 is 11.9. The van der Waals surface area contributed by atoms with Crippen LogP contribution in [0.25, 0.3) is 0 Å². The highest BCUT2D eigenvalue weighted by Crippen LogP contribution is 2.30. The van der Waals surface area contributed by atoms with Crippen LogP contribution in [0.5, 0.6) is 0 Å². The molecule has 0 saturated carbocycles. The minimum absolute atomic E-state index is 0.354. The summed E-state index contributed by atoms with van der Waals surface area (Å²) in [6.45, 7) is 3.59. The molecule has 0 fully saturated rings. The Bertz CT molecular complexity index is 386. The van der Waals surface area contributed by atoms with Gasteiger partial charge in [0.15, 0.2) is 0 Å². The quantitative estimate of drug-likeness (QED) is 0.695. The molecule has 0 bridgehead atoms. The van der Waals surface area contributed by atoms with Gasteiger partial charge in [0, 0.05) is 5.02 Å². The van der Waals surface area contributed by atoms with Crippen LogP contribution in [0.3, 0.4) is 0 Å². The molecule has 1 rings (SSSR count). The van der Waals surface area contributed by atoms with Crippen LogP contribution >= 0.6 is 23.2 Å². The minimum atomic E-state index is -0.446. The first-order valence-corrected chi connectivity index (χ1v) is 4.78. The maximum absolute atomic E-state index is 11.3. The molecule has 0 heterocycles. The predicted octanol–water partition coefficient (Wildman–Crippen LogP) is 3.40. The Morgan fingerprint density at radius 2 is 1.86 bits per heavy atom.